The lowest BCUT2D eigenvalue weighted by Gasteiger charge is -1.56. The van der Waals surface area contributed by atoms with Gasteiger partial charge in [0.2, 0.25) is 0 Å². The standard InChI is InChI=1S/C5H8.C4H8.C3H6.4C2H6/c1-3-5-4-2;1-3-4-2;1-3-2;4*1-2/h3-5H,1H2,2H3;3-4H,1-2H3;3H,1H2,2H3;4*1-2H3/b5-4-;4-3-;;;;;. The van der Waals surface area contributed by atoms with Crippen LogP contribution in [-0.4, -0.2) is 0 Å². The molecule has 0 fully saturated rings. The van der Waals surface area contributed by atoms with Gasteiger partial charge in [0.25, 0.3) is 0 Å². The Morgan fingerprint density at radius 1 is 0.500 bits per heavy atom. The first-order valence-electron chi connectivity index (χ1n) is 8.13. The van der Waals surface area contributed by atoms with Crippen molar-refractivity contribution in [2.45, 2.75) is 83.1 Å². The molecule has 0 amide bonds. The summed E-state index contributed by atoms with van der Waals surface area (Å²) in [5.74, 6) is 0. The molecule has 0 aliphatic rings. The molecule has 0 heteroatoms. The van der Waals surface area contributed by atoms with Gasteiger partial charge in [-0.3, -0.25) is 0 Å². The fourth-order valence-electron chi connectivity index (χ4n) is 0.136. The van der Waals surface area contributed by atoms with Crippen molar-refractivity contribution in [1.29, 1.82) is 0 Å². The Hall–Kier alpha value is -1.04. The largest absolute Gasteiger partial charge is 0.103 e. The van der Waals surface area contributed by atoms with Crippen molar-refractivity contribution in [3.05, 3.63) is 49.6 Å². The third kappa shape index (κ3) is 1120. The average molecular weight is 287 g/mol. The highest BCUT2D eigenvalue weighted by Gasteiger charge is 1.42. The van der Waals surface area contributed by atoms with Crippen LogP contribution < -0.4 is 0 Å². The van der Waals surface area contributed by atoms with Gasteiger partial charge in [0.15, 0.2) is 0 Å². The van der Waals surface area contributed by atoms with Gasteiger partial charge in [-0.15, -0.1) is 6.58 Å². The molecule has 0 saturated heterocycles. The molecule has 0 bridgehead atoms. The molecule has 0 radical (unpaired) electrons. The van der Waals surface area contributed by atoms with Crippen molar-refractivity contribution < 1.29 is 0 Å². The summed E-state index contributed by atoms with van der Waals surface area (Å²) in [6.45, 7) is 30.7. The molecule has 0 aliphatic carbocycles. The van der Waals surface area contributed by atoms with E-state index in [1.165, 1.54) is 0 Å². The highest BCUT2D eigenvalue weighted by molar-refractivity contribution is 4.94. The van der Waals surface area contributed by atoms with Crippen LogP contribution in [0, 0.1) is 0 Å². The van der Waals surface area contributed by atoms with E-state index in [1.54, 1.807) is 12.2 Å². The molecular formula is C20H46. The third-order valence-electron chi connectivity index (χ3n) is 0.662. The maximum atomic E-state index is 3.46. The van der Waals surface area contributed by atoms with Crippen molar-refractivity contribution in [3.63, 3.8) is 0 Å². The molecule has 20 heavy (non-hydrogen) atoms. The van der Waals surface area contributed by atoms with Gasteiger partial charge in [0.05, 0.1) is 0 Å². The Balaban J connectivity index is -0.0000000206. The van der Waals surface area contributed by atoms with E-state index in [9.17, 15) is 0 Å². The summed E-state index contributed by atoms with van der Waals surface area (Å²) >= 11 is 0. The van der Waals surface area contributed by atoms with Crippen molar-refractivity contribution in [2.24, 2.45) is 0 Å². The molecule has 0 atom stereocenters. The van der Waals surface area contributed by atoms with E-state index >= 15 is 0 Å². The van der Waals surface area contributed by atoms with E-state index in [-0.39, 0.29) is 0 Å². The van der Waals surface area contributed by atoms with E-state index in [0.717, 1.165) is 0 Å². The Bertz CT molecular complexity index is 112. The van der Waals surface area contributed by atoms with Gasteiger partial charge in [-0.2, -0.15) is 0 Å². The zero-order valence-corrected chi connectivity index (χ0v) is 16.9. The number of hydrogen-bond acceptors (Lipinski definition) is 0. The van der Waals surface area contributed by atoms with Crippen molar-refractivity contribution in [3.8, 4) is 0 Å². The molecule has 0 aromatic heterocycles. The van der Waals surface area contributed by atoms with Gasteiger partial charge in [-0.1, -0.05) is 98.4 Å². The fraction of sp³-hybridized carbons (Fsp3) is 0.600. The molecule has 0 N–H and O–H groups in total. The molecule has 0 nitrogen and oxygen atoms in total. The van der Waals surface area contributed by atoms with E-state index in [0.29, 0.717) is 0 Å². The number of hydrogen-bond donors (Lipinski definition) is 0. The van der Waals surface area contributed by atoms with Crippen LogP contribution in [0.5, 0.6) is 0 Å². The van der Waals surface area contributed by atoms with Crippen molar-refractivity contribution in [2.75, 3.05) is 0 Å². The maximum absolute atomic E-state index is 3.46. The zero-order chi connectivity index (χ0) is 18.2. The fourth-order valence-corrected chi connectivity index (χ4v) is 0.136. The van der Waals surface area contributed by atoms with Crippen LogP contribution >= 0.6 is 0 Å². The quantitative estimate of drug-likeness (QED) is 0.334. The first kappa shape index (κ1) is 42.8. The summed E-state index contributed by atoms with van der Waals surface area (Å²) in [4.78, 5) is 0. The second-order valence-corrected chi connectivity index (χ2v) is 1.84. The first-order chi connectivity index (χ1) is 9.74. The SMILES string of the molecule is C/C=C\C.C=C/C=C\C.C=CC.CC.CC.CC.CC. The van der Waals surface area contributed by atoms with Crippen molar-refractivity contribution >= 4 is 0 Å². The van der Waals surface area contributed by atoms with Crippen LogP contribution in [0.4, 0.5) is 0 Å². The highest BCUT2D eigenvalue weighted by Crippen LogP contribution is 1.64. The Labute approximate surface area is 133 Å². The Morgan fingerprint density at radius 3 is 0.700 bits per heavy atom. The lowest BCUT2D eigenvalue weighted by atomic mass is 10.5. The average Bonchev–Trinajstić information content (AvgIpc) is 2.57. The summed E-state index contributed by atoms with van der Waals surface area (Å²) < 4.78 is 0. The van der Waals surface area contributed by atoms with Gasteiger partial charge < -0.3 is 0 Å². The van der Waals surface area contributed by atoms with Gasteiger partial charge in [0, 0.05) is 0 Å². The summed E-state index contributed by atoms with van der Waals surface area (Å²) in [6, 6.07) is 0. The molecule has 0 spiro atoms. The lowest BCUT2D eigenvalue weighted by molar-refractivity contribution is 1.50. The van der Waals surface area contributed by atoms with Gasteiger partial charge in [0.1, 0.15) is 0 Å². The molecule has 0 rings (SSSR count). The van der Waals surface area contributed by atoms with Crippen LogP contribution in [0.3, 0.4) is 0 Å². The topological polar surface area (TPSA) is 0 Å². The van der Waals surface area contributed by atoms with E-state index in [1.807, 2.05) is 107 Å². The zero-order valence-electron chi connectivity index (χ0n) is 16.9. The van der Waals surface area contributed by atoms with Gasteiger partial charge >= 0.3 is 0 Å². The predicted molar refractivity (Wildman–Crippen MR) is 107 cm³/mol. The number of allylic oxidation sites excluding steroid dienone is 6. The number of rotatable bonds is 1. The summed E-state index contributed by atoms with van der Waals surface area (Å²) in [6.07, 6.45) is 11.3. The monoisotopic (exact) mass is 286 g/mol. The lowest BCUT2D eigenvalue weighted by Crippen LogP contribution is -1.33. The second-order valence-electron chi connectivity index (χ2n) is 1.84. The van der Waals surface area contributed by atoms with E-state index < -0.39 is 0 Å². The predicted octanol–water partition coefficient (Wildman–Crippen LogP) is 8.63. The van der Waals surface area contributed by atoms with E-state index in [4.69, 9.17) is 0 Å². The minimum atomic E-state index is 1.75. The van der Waals surface area contributed by atoms with Crippen molar-refractivity contribution in [1.82, 2.24) is 0 Å². The molecule has 0 unspecified atom stereocenters. The molecule has 0 aliphatic heterocycles. The smallest absolute Gasteiger partial charge is 0.0467 e. The molecule has 0 aromatic carbocycles. The molecule has 0 aromatic rings. The van der Waals surface area contributed by atoms with E-state index in [2.05, 4.69) is 13.2 Å². The summed E-state index contributed by atoms with van der Waals surface area (Å²) in [7, 11) is 0. The van der Waals surface area contributed by atoms with Crippen LogP contribution in [-0.2, 0) is 0 Å². The summed E-state index contributed by atoms with van der Waals surface area (Å²) in [5.41, 5.74) is 0. The minimum Gasteiger partial charge on any atom is -0.103 e. The maximum Gasteiger partial charge on any atom is -0.0467 e. The van der Waals surface area contributed by atoms with Gasteiger partial charge in [-0.05, 0) is 27.7 Å². The normalized spacial score (nSPS) is 6.00. The highest BCUT2D eigenvalue weighted by atomic mass is 13.5. The molecular weight excluding hydrogens is 240 g/mol. The molecule has 126 valence electrons. The van der Waals surface area contributed by atoms with Crippen LogP contribution in [0.1, 0.15) is 83.1 Å². The minimum absolute atomic E-state index is 1.75. The first-order valence-corrected chi connectivity index (χ1v) is 8.13. The molecule has 0 heterocycles. The van der Waals surface area contributed by atoms with Gasteiger partial charge in [-0.25, -0.2) is 0 Å². The van der Waals surface area contributed by atoms with Crippen LogP contribution in [0.2, 0.25) is 0 Å². The van der Waals surface area contributed by atoms with Crippen LogP contribution in [0.25, 0.3) is 0 Å². The van der Waals surface area contributed by atoms with Crippen LogP contribution in [0.15, 0.2) is 49.6 Å². The Kier molecular flexibility index (Phi) is 449. The third-order valence-corrected chi connectivity index (χ3v) is 0.662. The second kappa shape index (κ2) is 210. The summed E-state index contributed by atoms with van der Waals surface area (Å²) in [5, 5.41) is 0. The molecule has 0 saturated carbocycles. The Morgan fingerprint density at radius 2 is 0.700 bits per heavy atom.